The molecule has 2 aromatic rings. The molecule has 21 heavy (non-hydrogen) atoms. The molecule has 0 saturated carbocycles. The van der Waals surface area contributed by atoms with Crippen molar-refractivity contribution in [2.24, 2.45) is 0 Å². The molecule has 0 spiro atoms. The highest BCUT2D eigenvalue weighted by atomic mass is 16.5. The molecule has 1 heterocycles. The molecule has 0 radical (unpaired) electrons. The molecule has 0 aliphatic heterocycles. The lowest BCUT2D eigenvalue weighted by Gasteiger charge is -2.12. The van der Waals surface area contributed by atoms with Crippen molar-refractivity contribution in [3.05, 3.63) is 35.7 Å². The molecule has 6 heteroatoms. The van der Waals surface area contributed by atoms with E-state index in [2.05, 4.69) is 10.1 Å². The number of hydrogen-bond donors (Lipinski definition) is 1. The number of aryl methyl sites for hydroxylation is 1. The fourth-order valence-corrected chi connectivity index (χ4v) is 2.03. The van der Waals surface area contributed by atoms with Crippen LogP contribution in [0.4, 0.5) is 0 Å². The summed E-state index contributed by atoms with van der Waals surface area (Å²) in [7, 11) is 1.91. The Morgan fingerprint density at radius 2 is 2.24 bits per heavy atom. The van der Waals surface area contributed by atoms with Gasteiger partial charge in [0.1, 0.15) is 0 Å². The fraction of sp³-hybridized carbons (Fsp3) is 0.400. The largest absolute Gasteiger partial charge is 0.481 e. The number of aliphatic carboxylic acids is 1. The van der Waals surface area contributed by atoms with Gasteiger partial charge in [0.15, 0.2) is 5.82 Å². The van der Waals surface area contributed by atoms with Crippen LogP contribution >= 0.6 is 0 Å². The zero-order chi connectivity index (χ0) is 15.2. The lowest BCUT2D eigenvalue weighted by Crippen LogP contribution is -2.20. The maximum absolute atomic E-state index is 10.5. The highest BCUT2D eigenvalue weighted by Crippen LogP contribution is 2.18. The van der Waals surface area contributed by atoms with Crippen molar-refractivity contribution in [1.82, 2.24) is 15.0 Å². The smallest absolute Gasteiger partial charge is 0.303 e. The summed E-state index contributed by atoms with van der Waals surface area (Å²) in [5.41, 5.74) is 2.04. The van der Waals surface area contributed by atoms with E-state index >= 15 is 0 Å². The van der Waals surface area contributed by atoms with E-state index in [-0.39, 0.29) is 6.42 Å². The Morgan fingerprint density at radius 1 is 1.43 bits per heavy atom. The molecule has 0 unspecified atom stereocenters. The van der Waals surface area contributed by atoms with Gasteiger partial charge < -0.3 is 9.63 Å². The van der Waals surface area contributed by atoms with Crippen molar-refractivity contribution in [2.75, 3.05) is 13.6 Å². The van der Waals surface area contributed by atoms with Crippen molar-refractivity contribution in [2.45, 2.75) is 26.3 Å². The van der Waals surface area contributed by atoms with Gasteiger partial charge in [-0.3, -0.25) is 9.69 Å². The third-order valence-corrected chi connectivity index (χ3v) is 3.07. The van der Waals surface area contributed by atoms with Crippen LogP contribution in [0.2, 0.25) is 0 Å². The molecular formula is C15H19N3O3. The van der Waals surface area contributed by atoms with Crippen LogP contribution in [0.15, 0.2) is 28.8 Å². The van der Waals surface area contributed by atoms with E-state index in [4.69, 9.17) is 9.63 Å². The number of carbonyl (C=O) groups is 1. The average molecular weight is 289 g/mol. The van der Waals surface area contributed by atoms with Crippen LogP contribution < -0.4 is 0 Å². The molecule has 0 saturated heterocycles. The summed E-state index contributed by atoms with van der Waals surface area (Å²) in [5.74, 6) is 0.335. The van der Waals surface area contributed by atoms with Gasteiger partial charge in [0, 0.05) is 12.0 Å². The number of nitrogens with zero attached hydrogens (tertiary/aromatic N) is 3. The first kappa shape index (κ1) is 15.2. The standard InChI is InChI=1S/C15H19N3O3/c1-11-5-3-6-12(9-11)15-16-13(17-21-15)10-18(2)8-4-7-14(19)20/h3,5-6,9H,4,7-8,10H2,1-2H3,(H,19,20). The van der Waals surface area contributed by atoms with Crippen molar-refractivity contribution in [1.29, 1.82) is 0 Å². The molecule has 0 amide bonds. The zero-order valence-electron chi connectivity index (χ0n) is 12.2. The maximum atomic E-state index is 10.5. The van der Waals surface area contributed by atoms with Crippen LogP contribution in [0, 0.1) is 6.92 Å². The van der Waals surface area contributed by atoms with Crippen molar-refractivity contribution in [3.63, 3.8) is 0 Å². The van der Waals surface area contributed by atoms with Crippen molar-refractivity contribution in [3.8, 4) is 11.5 Å². The predicted molar refractivity (Wildman–Crippen MR) is 77.7 cm³/mol. The molecule has 2 rings (SSSR count). The van der Waals surface area contributed by atoms with Gasteiger partial charge in [-0.25, -0.2) is 0 Å². The predicted octanol–water partition coefficient (Wildman–Crippen LogP) is 2.34. The van der Waals surface area contributed by atoms with Gasteiger partial charge in [0.2, 0.25) is 0 Å². The molecule has 0 bridgehead atoms. The summed E-state index contributed by atoms with van der Waals surface area (Å²) in [5, 5.41) is 12.6. The molecule has 1 N–H and O–H groups in total. The third kappa shape index (κ3) is 4.68. The first-order valence-corrected chi connectivity index (χ1v) is 6.84. The van der Waals surface area contributed by atoms with E-state index in [0.29, 0.717) is 31.2 Å². The minimum Gasteiger partial charge on any atom is -0.481 e. The number of hydrogen-bond acceptors (Lipinski definition) is 5. The maximum Gasteiger partial charge on any atom is 0.303 e. The molecular weight excluding hydrogens is 270 g/mol. The van der Waals surface area contributed by atoms with E-state index in [1.54, 1.807) is 0 Å². The van der Waals surface area contributed by atoms with Crippen molar-refractivity contribution < 1.29 is 14.4 Å². The molecule has 0 aliphatic rings. The summed E-state index contributed by atoms with van der Waals surface area (Å²) < 4.78 is 5.27. The number of carboxylic acid groups (broad SMARTS) is 1. The Kier molecular flexibility index (Phi) is 5.05. The summed E-state index contributed by atoms with van der Waals surface area (Å²) in [6.07, 6.45) is 0.777. The Bertz CT molecular complexity index is 610. The topological polar surface area (TPSA) is 79.5 Å². The third-order valence-electron chi connectivity index (χ3n) is 3.07. The van der Waals surface area contributed by atoms with E-state index in [0.717, 1.165) is 11.1 Å². The van der Waals surface area contributed by atoms with Crippen LogP contribution in [-0.4, -0.2) is 39.7 Å². The fourth-order valence-electron chi connectivity index (χ4n) is 2.03. The van der Waals surface area contributed by atoms with Gasteiger partial charge in [0.05, 0.1) is 6.54 Å². The average Bonchev–Trinajstić information content (AvgIpc) is 2.86. The molecule has 112 valence electrons. The van der Waals surface area contributed by atoms with Crippen LogP contribution in [0.3, 0.4) is 0 Å². The lowest BCUT2D eigenvalue weighted by atomic mass is 10.1. The van der Waals surface area contributed by atoms with Gasteiger partial charge in [-0.05, 0) is 39.1 Å². The molecule has 0 aliphatic carbocycles. The van der Waals surface area contributed by atoms with Crippen molar-refractivity contribution >= 4 is 5.97 Å². The summed E-state index contributed by atoms with van der Waals surface area (Å²) in [4.78, 5) is 16.8. The molecule has 0 atom stereocenters. The van der Waals surface area contributed by atoms with Gasteiger partial charge in [-0.1, -0.05) is 22.9 Å². The van der Waals surface area contributed by atoms with Crippen LogP contribution in [-0.2, 0) is 11.3 Å². The van der Waals surface area contributed by atoms with E-state index in [1.807, 2.05) is 43.1 Å². The summed E-state index contributed by atoms with van der Waals surface area (Å²) >= 11 is 0. The highest BCUT2D eigenvalue weighted by Gasteiger charge is 2.11. The normalized spacial score (nSPS) is 11.0. The second-order valence-electron chi connectivity index (χ2n) is 5.12. The summed E-state index contributed by atoms with van der Waals surface area (Å²) in [6.45, 7) is 3.23. The van der Waals surface area contributed by atoms with E-state index in [9.17, 15) is 4.79 Å². The highest BCUT2D eigenvalue weighted by molar-refractivity contribution is 5.66. The summed E-state index contributed by atoms with van der Waals surface area (Å²) in [6, 6.07) is 7.89. The SMILES string of the molecule is Cc1cccc(-c2nc(CN(C)CCCC(=O)O)no2)c1. The molecule has 6 nitrogen and oxygen atoms in total. The van der Waals surface area contributed by atoms with Gasteiger partial charge in [-0.2, -0.15) is 4.98 Å². The second-order valence-corrected chi connectivity index (χ2v) is 5.12. The minimum absolute atomic E-state index is 0.172. The first-order chi connectivity index (χ1) is 10.0. The van der Waals surface area contributed by atoms with Crippen LogP contribution in [0.1, 0.15) is 24.2 Å². The van der Waals surface area contributed by atoms with Gasteiger partial charge in [-0.15, -0.1) is 0 Å². The Hall–Kier alpha value is -2.21. The van der Waals surface area contributed by atoms with Gasteiger partial charge in [0.25, 0.3) is 5.89 Å². The van der Waals surface area contributed by atoms with E-state index < -0.39 is 5.97 Å². The second kappa shape index (κ2) is 6.99. The Morgan fingerprint density at radius 3 is 2.95 bits per heavy atom. The number of benzene rings is 1. The Balaban J connectivity index is 1.92. The van der Waals surface area contributed by atoms with E-state index in [1.165, 1.54) is 0 Å². The number of aromatic nitrogens is 2. The first-order valence-electron chi connectivity index (χ1n) is 6.84. The lowest BCUT2D eigenvalue weighted by molar-refractivity contribution is -0.137. The Labute approximate surface area is 123 Å². The van der Waals surface area contributed by atoms with Gasteiger partial charge >= 0.3 is 5.97 Å². The van der Waals surface area contributed by atoms with Crippen LogP contribution in [0.5, 0.6) is 0 Å². The monoisotopic (exact) mass is 289 g/mol. The zero-order valence-corrected chi connectivity index (χ0v) is 12.2. The number of rotatable bonds is 7. The molecule has 1 aromatic carbocycles. The van der Waals surface area contributed by atoms with Crippen LogP contribution in [0.25, 0.3) is 11.5 Å². The number of carboxylic acids is 1. The molecule has 0 fully saturated rings. The molecule has 1 aromatic heterocycles. The quantitative estimate of drug-likeness (QED) is 0.842. The minimum atomic E-state index is -0.773.